The van der Waals surface area contributed by atoms with E-state index in [1.807, 2.05) is 12.1 Å². The third-order valence-corrected chi connectivity index (χ3v) is 3.59. The molecule has 3 rings (SSSR count). The molecule has 0 radical (unpaired) electrons. The smallest absolute Gasteiger partial charge is 0.311 e. The standard InChI is InChI=1S/C14H14N4O2/c15-14-12(18(19)20)5-6-13(17-14)16-8-10-7-9-3-1-2-4-11(9)10/h1-6,10H,7-8H2,(H3,15,16,17). The molecule has 0 spiro atoms. The van der Waals surface area contributed by atoms with Gasteiger partial charge < -0.3 is 11.1 Å². The molecule has 0 aliphatic heterocycles. The zero-order chi connectivity index (χ0) is 14.1. The molecule has 1 aliphatic rings. The summed E-state index contributed by atoms with van der Waals surface area (Å²) in [5, 5.41) is 13.8. The van der Waals surface area contributed by atoms with Crippen molar-refractivity contribution in [2.24, 2.45) is 0 Å². The van der Waals surface area contributed by atoms with Crippen LogP contribution < -0.4 is 11.1 Å². The number of benzene rings is 1. The Hall–Kier alpha value is -2.63. The molecule has 0 bridgehead atoms. The van der Waals surface area contributed by atoms with E-state index in [9.17, 15) is 10.1 Å². The molecule has 1 atom stereocenters. The number of nitrogens with two attached hydrogens (primary N) is 1. The topological polar surface area (TPSA) is 94.1 Å². The minimum absolute atomic E-state index is 0.0611. The fraction of sp³-hybridized carbons (Fsp3) is 0.214. The molecule has 2 aromatic rings. The van der Waals surface area contributed by atoms with Gasteiger partial charge in [0.1, 0.15) is 5.82 Å². The molecule has 0 saturated heterocycles. The molecule has 1 aromatic carbocycles. The van der Waals surface area contributed by atoms with Crippen molar-refractivity contribution in [2.45, 2.75) is 12.3 Å². The van der Waals surface area contributed by atoms with Crippen LogP contribution in [0.4, 0.5) is 17.3 Å². The summed E-state index contributed by atoms with van der Waals surface area (Å²) < 4.78 is 0. The average Bonchev–Trinajstić information content (AvgIpc) is 2.39. The second-order valence-electron chi connectivity index (χ2n) is 4.84. The number of hydrogen-bond acceptors (Lipinski definition) is 5. The number of nitro groups is 1. The van der Waals surface area contributed by atoms with Gasteiger partial charge in [0, 0.05) is 18.5 Å². The van der Waals surface area contributed by atoms with Crippen molar-refractivity contribution in [3.05, 3.63) is 57.6 Å². The quantitative estimate of drug-likeness (QED) is 0.656. The van der Waals surface area contributed by atoms with Gasteiger partial charge in [0.25, 0.3) is 0 Å². The predicted molar refractivity (Wildman–Crippen MR) is 76.7 cm³/mol. The minimum Gasteiger partial charge on any atom is -0.378 e. The van der Waals surface area contributed by atoms with E-state index in [1.54, 1.807) is 6.07 Å². The number of nitrogens with one attached hydrogen (secondary N) is 1. The summed E-state index contributed by atoms with van der Waals surface area (Å²) in [7, 11) is 0. The van der Waals surface area contributed by atoms with Crippen LogP contribution in [0.1, 0.15) is 17.0 Å². The van der Waals surface area contributed by atoms with Gasteiger partial charge in [-0.3, -0.25) is 10.1 Å². The Morgan fingerprint density at radius 3 is 2.85 bits per heavy atom. The van der Waals surface area contributed by atoms with E-state index < -0.39 is 4.92 Å². The van der Waals surface area contributed by atoms with E-state index in [0.717, 1.165) is 13.0 Å². The molecule has 1 heterocycles. The molecule has 6 heteroatoms. The van der Waals surface area contributed by atoms with Crippen LogP contribution in [-0.4, -0.2) is 16.5 Å². The Morgan fingerprint density at radius 2 is 2.15 bits per heavy atom. The Balaban J connectivity index is 1.66. The van der Waals surface area contributed by atoms with E-state index in [2.05, 4.69) is 22.4 Å². The second-order valence-corrected chi connectivity index (χ2v) is 4.84. The highest BCUT2D eigenvalue weighted by molar-refractivity contribution is 5.57. The van der Waals surface area contributed by atoms with Crippen molar-refractivity contribution < 1.29 is 4.92 Å². The first-order valence-corrected chi connectivity index (χ1v) is 6.37. The first kappa shape index (κ1) is 12.4. The lowest BCUT2D eigenvalue weighted by atomic mass is 9.77. The maximum atomic E-state index is 10.7. The second kappa shape index (κ2) is 4.80. The number of nitrogen functional groups attached to an aromatic ring is 1. The highest BCUT2D eigenvalue weighted by Gasteiger charge is 2.25. The molecular formula is C14H14N4O2. The summed E-state index contributed by atoms with van der Waals surface area (Å²) >= 11 is 0. The first-order valence-electron chi connectivity index (χ1n) is 6.37. The monoisotopic (exact) mass is 270 g/mol. The summed E-state index contributed by atoms with van der Waals surface area (Å²) in [5.74, 6) is 0.968. The largest absolute Gasteiger partial charge is 0.378 e. The lowest BCUT2D eigenvalue weighted by Gasteiger charge is -2.30. The van der Waals surface area contributed by atoms with Gasteiger partial charge in [-0.25, -0.2) is 4.98 Å². The third-order valence-electron chi connectivity index (χ3n) is 3.59. The van der Waals surface area contributed by atoms with Gasteiger partial charge in [-0.1, -0.05) is 24.3 Å². The molecule has 1 unspecified atom stereocenters. The molecule has 20 heavy (non-hydrogen) atoms. The first-order chi connectivity index (χ1) is 9.65. The summed E-state index contributed by atoms with van der Waals surface area (Å²) in [4.78, 5) is 14.1. The highest BCUT2D eigenvalue weighted by atomic mass is 16.6. The van der Waals surface area contributed by atoms with Crippen LogP contribution in [-0.2, 0) is 6.42 Å². The average molecular weight is 270 g/mol. The van der Waals surface area contributed by atoms with Crippen molar-refractivity contribution in [2.75, 3.05) is 17.6 Å². The number of hydrogen-bond donors (Lipinski definition) is 2. The predicted octanol–water partition coefficient (Wildman–Crippen LogP) is 2.32. The lowest BCUT2D eigenvalue weighted by Crippen LogP contribution is -2.24. The number of anilines is 2. The highest BCUT2D eigenvalue weighted by Crippen LogP contribution is 2.34. The molecule has 0 fully saturated rings. The van der Waals surface area contributed by atoms with Crippen molar-refractivity contribution in [3.8, 4) is 0 Å². The number of fused-ring (bicyclic) bond motifs is 1. The van der Waals surface area contributed by atoms with Gasteiger partial charge in [0.15, 0.2) is 0 Å². The molecule has 0 amide bonds. The summed E-state index contributed by atoms with van der Waals surface area (Å²) in [6, 6.07) is 11.3. The molecular weight excluding hydrogens is 256 g/mol. The van der Waals surface area contributed by atoms with Gasteiger partial charge in [-0.15, -0.1) is 0 Å². The molecule has 0 saturated carbocycles. The van der Waals surface area contributed by atoms with Crippen LogP contribution >= 0.6 is 0 Å². The Labute approximate surface area is 115 Å². The fourth-order valence-corrected chi connectivity index (χ4v) is 2.49. The van der Waals surface area contributed by atoms with Crippen LogP contribution in [0.2, 0.25) is 0 Å². The van der Waals surface area contributed by atoms with E-state index in [-0.39, 0.29) is 11.5 Å². The van der Waals surface area contributed by atoms with Crippen LogP contribution in [0.15, 0.2) is 36.4 Å². The van der Waals surface area contributed by atoms with E-state index in [1.165, 1.54) is 17.2 Å². The number of pyridine rings is 1. The van der Waals surface area contributed by atoms with Gasteiger partial charge in [-0.2, -0.15) is 0 Å². The van der Waals surface area contributed by atoms with Crippen molar-refractivity contribution in [3.63, 3.8) is 0 Å². The Kier molecular flexibility index (Phi) is 2.98. The fourth-order valence-electron chi connectivity index (χ4n) is 2.49. The summed E-state index contributed by atoms with van der Waals surface area (Å²) in [6.07, 6.45) is 1.05. The molecule has 102 valence electrons. The summed E-state index contributed by atoms with van der Waals surface area (Å²) in [5.41, 5.74) is 8.14. The maximum Gasteiger partial charge on any atom is 0.311 e. The van der Waals surface area contributed by atoms with Crippen molar-refractivity contribution >= 4 is 17.3 Å². The van der Waals surface area contributed by atoms with Crippen molar-refractivity contribution in [1.29, 1.82) is 0 Å². The van der Waals surface area contributed by atoms with E-state index in [0.29, 0.717) is 11.7 Å². The van der Waals surface area contributed by atoms with Crippen molar-refractivity contribution in [1.82, 2.24) is 4.98 Å². The Morgan fingerprint density at radius 1 is 1.35 bits per heavy atom. The van der Waals surface area contributed by atoms with E-state index >= 15 is 0 Å². The summed E-state index contributed by atoms with van der Waals surface area (Å²) in [6.45, 7) is 0.751. The molecule has 6 nitrogen and oxygen atoms in total. The van der Waals surface area contributed by atoms with Crippen LogP contribution in [0, 0.1) is 10.1 Å². The third kappa shape index (κ3) is 2.16. The van der Waals surface area contributed by atoms with E-state index in [4.69, 9.17) is 5.73 Å². The molecule has 3 N–H and O–H groups in total. The zero-order valence-electron chi connectivity index (χ0n) is 10.7. The van der Waals surface area contributed by atoms with Gasteiger partial charge in [0.05, 0.1) is 4.92 Å². The Bertz CT molecular complexity index is 672. The van der Waals surface area contributed by atoms with Gasteiger partial charge >= 0.3 is 5.69 Å². The zero-order valence-corrected chi connectivity index (χ0v) is 10.7. The maximum absolute atomic E-state index is 10.7. The number of aromatic nitrogens is 1. The number of nitrogens with zero attached hydrogens (tertiary/aromatic N) is 2. The lowest BCUT2D eigenvalue weighted by molar-refractivity contribution is -0.384. The van der Waals surface area contributed by atoms with Crippen LogP contribution in [0.5, 0.6) is 0 Å². The SMILES string of the molecule is Nc1nc(NCC2Cc3ccccc32)ccc1[N+](=O)[O-]. The molecule has 1 aliphatic carbocycles. The molecule has 1 aromatic heterocycles. The van der Waals surface area contributed by atoms with Gasteiger partial charge in [-0.05, 0) is 23.6 Å². The normalized spacial score (nSPS) is 16.1. The van der Waals surface area contributed by atoms with Gasteiger partial charge in [0.2, 0.25) is 5.82 Å². The minimum atomic E-state index is -0.533. The van der Waals surface area contributed by atoms with Crippen LogP contribution in [0.3, 0.4) is 0 Å². The number of rotatable bonds is 4. The van der Waals surface area contributed by atoms with Crippen LogP contribution in [0.25, 0.3) is 0 Å².